The molecule has 0 aromatic heterocycles. The van der Waals surface area contributed by atoms with Crippen molar-refractivity contribution in [1.29, 1.82) is 0 Å². The second kappa shape index (κ2) is 11.0. The van der Waals surface area contributed by atoms with Crippen LogP contribution in [0.5, 0.6) is 0 Å². The van der Waals surface area contributed by atoms with Crippen LogP contribution in [-0.4, -0.2) is 33.9 Å². The van der Waals surface area contributed by atoms with E-state index in [1.807, 2.05) is 79.7 Å². The summed E-state index contributed by atoms with van der Waals surface area (Å²) < 4.78 is 0. The van der Waals surface area contributed by atoms with Crippen LogP contribution in [0, 0.1) is 0 Å². The molecule has 4 N–H and O–H groups in total. The number of fused-ring (bicyclic) bond motifs is 1. The molecule has 1 aliphatic carbocycles. The Balaban J connectivity index is 1.42. The first-order chi connectivity index (χ1) is 18.9. The Labute approximate surface area is 229 Å². The van der Waals surface area contributed by atoms with Gasteiger partial charge in [-0.1, -0.05) is 87.0 Å². The average Bonchev–Trinajstić information content (AvgIpc) is 3.27. The first-order valence-corrected chi connectivity index (χ1v) is 13.8. The number of nitrogens with two attached hydrogens (primary N) is 1. The minimum Gasteiger partial charge on any atom is -0.390 e. The molecule has 7 nitrogen and oxygen atoms in total. The topological polar surface area (TPSA) is 108 Å². The average molecular weight is 525 g/mol. The number of aliphatic hydroxyl groups excluding tert-OH is 1. The van der Waals surface area contributed by atoms with Gasteiger partial charge in [0.15, 0.2) is 5.96 Å². The molecule has 0 radical (unpaired) electrons. The molecule has 0 saturated heterocycles. The van der Waals surface area contributed by atoms with Gasteiger partial charge in [-0.05, 0) is 47.2 Å². The third-order valence-electron chi connectivity index (χ3n) is 8.08. The van der Waals surface area contributed by atoms with Crippen LogP contribution >= 0.6 is 0 Å². The Hall–Kier alpha value is -3.97. The number of hydrogen-bond acceptors (Lipinski definition) is 5. The van der Waals surface area contributed by atoms with Crippen LogP contribution in [0.3, 0.4) is 0 Å². The monoisotopic (exact) mass is 524 g/mol. The van der Waals surface area contributed by atoms with Crippen LogP contribution in [-0.2, 0) is 16.8 Å². The molecule has 0 saturated carbocycles. The molecule has 0 bridgehead atoms. The Bertz CT molecular complexity index is 1390. The van der Waals surface area contributed by atoms with Gasteiger partial charge in [0, 0.05) is 12.0 Å². The lowest BCUT2D eigenvalue weighted by Gasteiger charge is -2.40. The summed E-state index contributed by atoms with van der Waals surface area (Å²) in [5.74, 6) is -0.142. The highest BCUT2D eigenvalue weighted by Crippen LogP contribution is 2.40. The molecular weight excluding hydrogens is 488 g/mol. The van der Waals surface area contributed by atoms with E-state index >= 15 is 0 Å². The van der Waals surface area contributed by atoms with Gasteiger partial charge in [-0.3, -0.25) is 14.5 Å². The summed E-state index contributed by atoms with van der Waals surface area (Å²) in [7, 11) is 0. The summed E-state index contributed by atoms with van der Waals surface area (Å²) in [6.07, 6.45) is 2.22. The number of rotatable bonds is 8. The molecule has 1 aliphatic heterocycles. The number of amides is 2. The number of hydrogen-bond donors (Lipinski definition) is 3. The SMILES string of the molecule is CCC[C@H](c1cccc(C(=O)N[C@@H]2c3ccccc3C[C@H]2O)c1)N1C(=O)C[C@](CC)(c2ccccc2)N=C1N. The molecule has 5 rings (SSSR count). The lowest BCUT2D eigenvalue weighted by atomic mass is 9.82. The quantitative estimate of drug-likeness (QED) is 0.395. The highest BCUT2D eigenvalue weighted by molar-refractivity contribution is 6.00. The van der Waals surface area contributed by atoms with Crippen LogP contribution in [0.15, 0.2) is 83.9 Å². The second-order valence-corrected chi connectivity index (χ2v) is 10.5. The van der Waals surface area contributed by atoms with Gasteiger partial charge in [-0.25, -0.2) is 4.99 Å². The zero-order chi connectivity index (χ0) is 27.6. The van der Waals surface area contributed by atoms with E-state index in [0.717, 1.165) is 28.7 Å². The summed E-state index contributed by atoms with van der Waals surface area (Å²) in [6, 6.07) is 24.1. The van der Waals surface area contributed by atoms with Crippen molar-refractivity contribution in [2.24, 2.45) is 10.7 Å². The number of nitrogens with one attached hydrogen (secondary N) is 1. The van der Waals surface area contributed by atoms with E-state index in [2.05, 4.69) is 12.2 Å². The predicted octanol–water partition coefficient (Wildman–Crippen LogP) is 4.77. The molecule has 2 aliphatic rings. The Morgan fingerprint density at radius 3 is 2.56 bits per heavy atom. The van der Waals surface area contributed by atoms with Crippen molar-refractivity contribution in [1.82, 2.24) is 10.2 Å². The van der Waals surface area contributed by atoms with Crippen LogP contribution in [0.25, 0.3) is 0 Å². The highest BCUT2D eigenvalue weighted by Gasteiger charge is 2.42. The molecule has 2 amide bonds. The van der Waals surface area contributed by atoms with Crippen LogP contribution in [0.2, 0.25) is 0 Å². The smallest absolute Gasteiger partial charge is 0.251 e. The van der Waals surface area contributed by atoms with Gasteiger partial charge in [0.1, 0.15) is 0 Å². The number of aliphatic hydroxyl groups is 1. The minimum absolute atomic E-state index is 0.0767. The van der Waals surface area contributed by atoms with Gasteiger partial charge < -0.3 is 16.2 Å². The molecule has 0 spiro atoms. The number of carbonyl (C=O) groups is 2. The number of guanidine groups is 1. The van der Waals surface area contributed by atoms with Crippen molar-refractivity contribution in [3.8, 4) is 0 Å². The fourth-order valence-corrected chi connectivity index (χ4v) is 6.01. The summed E-state index contributed by atoms with van der Waals surface area (Å²) >= 11 is 0. The summed E-state index contributed by atoms with van der Waals surface area (Å²) in [5, 5.41) is 13.6. The van der Waals surface area contributed by atoms with Crippen molar-refractivity contribution in [2.75, 3.05) is 0 Å². The van der Waals surface area contributed by atoms with E-state index in [-0.39, 0.29) is 30.2 Å². The van der Waals surface area contributed by atoms with Gasteiger partial charge >= 0.3 is 0 Å². The van der Waals surface area contributed by atoms with E-state index < -0.39 is 17.7 Å². The maximum atomic E-state index is 13.7. The van der Waals surface area contributed by atoms with Gasteiger partial charge in [0.2, 0.25) is 5.91 Å². The highest BCUT2D eigenvalue weighted by atomic mass is 16.3. The first kappa shape index (κ1) is 26.6. The Kier molecular flexibility index (Phi) is 7.53. The van der Waals surface area contributed by atoms with Gasteiger partial charge in [-0.2, -0.15) is 0 Å². The van der Waals surface area contributed by atoms with E-state index in [1.165, 1.54) is 0 Å². The fourth-order valence-electron chi connectivity index (χ4n) is 6.01. The van der Waals surface area contributed by atoms with Crippen LogP contribution < -0.4 is 11.1 Å². The molecule has 0 unspecified atom stereocenters. The lowest BCUT2D eigenvalue weighted by Crippen LogP contribution is -2.51. The molecule has 3 aromatic carbocycles. The maximum absolute atomic E-state index is 13.7. The normalized spacial score (nSPS) is 23.2. The molecule has 7 heteroatoms. The number of carbonyl (C=O) groups excluding carboxylic acids is 2. The van der Waals surface area contributed by atoms with Crippen molar-refractivity contribution < 1.29 is 14.7 Å². The van der Waals surface area contributed by atoms with Crippen molar-refractivity contribution in [2.45, 2.75) is 69.7 Å². The number of aliphatic imine (C=N–C) groups is 1. The summed E-state index contributed by atoms with van der Waals surface area (Å²) in [5.41, 5.74) is 10.1. The third-order valence-corrected chi connectivity index (χ3v) is 8.08. The van der Waals surface area contributed by atoms with Gasteiger partial charge in [0.05, 0.1) is 30.1 Å². The minimum atomic E-state index is -0.685. The molecular formula is C32H36N4O3. The Morgan fingerprint density at radius 2 is 1.85 bits per heavy atom. The number of benzene rings is 3. The standard InChI is InChI=1S/C32H36N4O3/c1-3-11-26(36-28(38)20-32(4-2,35-31(36)33)24-15-6-5-7-16-24)22-13-10-14-23(18-22)30(39)34-29-25-17-9-8-12-21(25)19-27(29)37/h5-10,12-18,26-27,29,37H,3-4,11,19-20H2,1-2H3,(H2,33,35)(H,34,39)/t26-,27-,29-,32-/m1/s1. The molecule has 3 aromatic rings. The molecule has 0 fully saturated rings. The zero-order valence-electron chi connectivity index (χ0n) is 22.5. The summed E-state index contributed by atoms with van der Waals surface area (Å²) in [6.45, 7) is 4.09. The lowest BCUT2D eigenvalue weighted by molar-refractivity contribution is -0.131. The maximum Gasteiger partial charge on any atom is 0.251 e. The molecule has 4 atom stereocenters. The molecule has 1 heterocycles. The van der Waals surface area contributed by atoms with Gasteiger partial charge in [0.25, 0.3) is 5.91 Å². The van der Waals surface area contributed by atoms with Crippen LogP contribution in [0.4, 0.5) is 0 Å². The van der Waals surface area contributed by atoms with Crippen LogP contribution in [0.1, 0.15) is 84.2 Å². The third kappa shape index (κ3) is 5.06. The van der Waals surface area contributed by atoms with Crippen molar-refractivity contribution in [3.63, 3.8) is 0 Å². The van der Waals surface area contributed by atoms with E-state index in [4.69, 9.17) is 10.7 Å². The van der Waals surface area contributed by atoms with Crippen molar-refractivity contribution >= 4 is 17.8 Å². The van der Waals surface area contributed by atoms with Gasteiger partial charge in [-0.15, -0.1) is 0 Å². The van der Waals surface area contributed by atoms with Crippen molar-refractivity contribution in [3.05, 3.63) is 107 Å². The second-order valence-electron chi connectivity index (χ2n) is 10.5. The zero-order valence-corrected chi connectivity index (χ0v) is 22.5. The first-order valence-electron chi connectivity index (χ1n) is 13.8. The summed E-state index contributed by atoms with van der Waals surface area (Å²) in [4.78, 5) is 33.5. The largest absolute Gasteiger partial charge is 0.390 e. The number of nitrogens with zero attached hydrogens (tertiary/aromatic N) is 2. The van der Waals surface area contributed by atoms with E-state index in [9.17, 15) is 14.7 Å². The fraction of sp³-hybridized carbons (Fsp3) is 0.344. The van der Waals surface area contributed by atoms with E-state index in [1.54, 1.807) is 11.0 Å². The molecule has 202 valence electrons. The molecule has 39 heavy (non-hydrogen) atoms. The van der Waals surface area contributed by atoms with E-state index in [0.29, 0.717) is 24.8 Å². The predicted molar refractivity (Wildman–Crippen MR) is 152 cm³/mol. The Morgan fingerprint density at radius 1 is 1.10 bits per heavy atom.